The van der Waals surface area contributed by atoms with E-state index < -0.39 is 5.91 Å². The van der Waals surface area contributed by atoms with Crippen LogP contribution < -0.4 is 26.3 Å². The third kappa shape index (κ3) is 14.2. The van der Waals surface area contributed by atoms with E-state index in [-0.39, 0.29) is 106 Å². The lowest BCUT2D eigenvalue weighted by molar-refractivity contribution is -0.933. The number of nitrogens with zero attached hydrogens (tertiary/aromatic N) is 5. The molecule has 2 heterocycles. The van der Waals surface area contributed by atoms with Gasteiger partial charge in [0, 0.05) is 39.0 Å². The smallest absolute Gasteiger partial charge is 0.274 e. The minimum atomic E-state index is -0.450. The zero-order valence-electron chi connectivity index (χ0n) is 32.9. The zero-order valence-corrected chi connectivity index (χ0v) is 33.7. The molecule has 1 aromatic heterocycles. The summed E-state index contributed by atoms with van der Waals surface area (Å²) in [5, 5.41) is 39.8. The van der Waals surface area contributed by atoms with Crippen molar-refractivity contribution in [3.05, 3.63) is 70.5 Å². The number of aliphatic hydroxyl groups is 4. The van der Waals surface area contributed by atoms with Gasteiger partial charge in [-0.15, -0.1) is 0 Å². The fraction of sp³-hybridized carbons (Fsp3) is 0.525. The summed E-state index contributed by atoms with van der Waals surface area (Å²) < 4.78 is 12.2. The second kappa shape index (κ2) is 23.6. The number of aromatic nitrogens is 2. The Labute approximate surface area is 344 Å². The maximum atomic E-state index is 13.3. The van der Waals surface area contributed by atoms with Crippen LogP contribution in [0.25, 0.3) is 0 Å². The molecule has 58 heavy (non-hydrogen) atoms. The molecule has 3 aromatic rings. The molecular weight excluding hydrogens is 772 g/mol. The Morgan fingerprint density at radius 2 is 1.21 bits per heavy atom. The van der Waals surface area contributed by atoms with Crippen LogP contribution in [-0.4, -0.2) is 160 Å². The normalized spacial score (nSPS) is 14.7. The van der Waals surface area contributed by atoms with Gasteiger partial charge in [0.2, 0.25) is 0 Å². The van der Waals surface area contributed by atoms with E-state index >= 15 is 0 Å². The van der Waals surface area contributed by atoms with Crippen molar-refractivity contribution in [2.45, 2.75) is 44.6 Å². The fourth-order valence-electron chi connectivity index (χ4n) is 7.24. The summed E-state index contributed by atoms with van der Waals surface area (Å²) in [6, 6.07) is 15.1. The number of likely N-dealkylation sites (tertiary alicyclic amines) is 1. The van der Waals surface area contributed by atoms with Crippen molar-refractivity contribution < 1.29 is 48.8 Å². The molecule has 9 N–H and O–H groups in total. The Morgan fingerprint density at radius 3 is 1.66 bits per heavy atom. The maximum absolute atomic E-state index is 13.3. The van der Waals surface area contributed by atoms with E-state index in [0.717, 1.165) is 80.3 Å². The Bertz CT molecular complexity index is 1660. The highest BCUT2D eigenvalue weighted by Gasteiger charge is 2.36. The highest BCUT2D eigenvalue weighted by Crippen LogP contribution is 2.25. The lowest BCUT2D eigenvalue weighted by Crippen LogP contribution is -2.60. The number of amides is 3. The van der Waals surface area contributed by atoms with Crippen molar-refractivity contribution in [3.8, 4) is 11.5 Å². The van der Waals surface area contributed by atoms with Crippen LogP contribution in [0.2, 0.25) is 5.15 Å². The Kier molecular flexibility index (Phi) is 18.7. The van der Waals surface area contributed by atoms with Crippen LogP contribution >= 0.6 is 11.6 Å². The number of rotatable bonds is 24. The number of anilines is 2. The summed E-state index contributed by atoms with van der Waals surface area (Å²) in [6.07, 6.45) is 5.11. The van der Waals surface area contributed by atoms with Crippen LogP contribution in [0.15, 0.2) is 48.5 Å². The number of aliphatic hydroxyl groups excluding tert-OH is 4. The van der Waals surface area contributed by atoms with Gasteiger partial charge >= 0.3 is 0 Å². The maximum Gasteiger partial charge on any atom is 0.274 e. The van der Waals surface area contributed by atoms with Gasteiger partial charge in [0.05, 0.1) is 58.6 Å². The lowest BCUT2D eigenvalue weighted by atomic mass is 9.99. The number of carbonyl (C=O) groups is 3. The molecule has 2 aromatic carbocycles. The zero-order chi connectivity index (χ0) is 41.9. The third-order valence-electron chi connectivity index (χ3n) is 10.2. The summed E-state index contributed by atoms with van der Waals surface area (Å²) >= 11 is 6.06. The molecule has 1 aliphatic heterocycles. The molecule has 1 atom stereocenters. The number of carbonyl (C=O) groups excluding carboxylic acids is 3. The van der Waals surface area contributed by atoms with Gasteiger partial charge in [0.1, 0.15) is 11.5 Å². The van der Waals surface area contributed by atoms with Gasteiger partial charge < -0.3 is 61.0 Å². The van der Waals surface area contributed by atoms with Gasteiger partial charge in [0.25, 0.3) is 17.7 Å². The molecule has 0 saturated carbocycles. The number of hydrogen-bond donors (Lipinski definition) is 7. The molecule has 0 bridgehead atoms. The molecule has 4 rings (SSSR count). The highest BCUT2D eigenvalue weighted by atomic mass is 35.5. The SMILES string of the molecule is Nc1nc(N)c(C(=O)N[C@H]2CCC[N+](CCCc3ccc(OCC(=O)N(CCO)CCO)cc3)(CCCc3ccc(OCC(=O)N(CCO)CCO)cc3)C2)nc1Cl. The fourth-order valence-corrected chi connectivity index (χ4v) is 7.37. The molecule has 1 saturated heterocycles. The minimum Gasteiger partial charge on any atom is -0.484 e. The molecule has 0 radical (unpaired) electrons. The summed E-state index contributed by atoms with van der Waals surface area (Å²) in [5.41, 5.74) is 13.9. The van der Waals surface area contributed by atoms with Crippen molar-refractivity contribution in [3.63, 3.8) is 0 Å². The number of nitrogen functional groups attached to an aromatic ring is 2. The lowest BCUT2D eigenvalue weighted by Gasteiger charge is -2.45. The van der Waals surface area contributed by atoms with Gasteiger partial charge in [-0.05, 0) is 61.1 Å². The van der Waals surface area contributed by atoms with E-state index in [4.69, 9.17) is 32.5 Å². The molecule has 0 unspecified atom stereocenters. The van der Waals surface area contributed by atoms with Crippen molar-refractivity contribution in [2.24, 2.45) is 0 Å². The molecule has 1 aliphatic rings. The molecule has 18 heteroatoms. The molecule has 0 spiro atoms. The summed E-state index contributed by atoms with van der Waals surface area (Å²) in [5.74, 6) is -0.117. The van der Waals surface area contributed by atoms with Gasteiger partial charge in [-0.1, -0.05) is 35.9 Å². The van der Waals surface area contributed by atoms with Crippen molar-refractivity contribution in [2.75, 3.05) is 103 Å². The van der Waals surface area contributed by atoms with Crippen molar-refractivity contribution >= 4 is 41.0 Å². The first kappa shape index (κ1) is 45.9. The largest absolute Gasteiger partial charge is 0.484 e. The number of ether oxygens (including phenoxy) is 2. The molecule has 1 fully saturated rings. The van der Waals surface area contributed by atoms with Crippen LogP contribution in [0.1, 0.15) is 47.3 Å². The van der Waals surface area contributed by atoms with E-state index in [1.54, 1.807) is 0 Å². The standard InChI is InChI=1S/C40H57ClN8O9/c41-37-39(43)46-38(42)36(45-37)40(56)44-31-6-3-21-49(26-31,19-1-4-29-7-11-32(12-8-29)57-27-34(54)47(15-22-50)16-23-51)20-2-5-30-9-13-33(14-10-30)58-28-35(55)48(17-24-52)18-25-53/h7-14,31,50-53H,1-6,15-28H2,(H4-,42,43,44,46,56)/p+1/t31-/m0/s1. The summed E-state index contributed by atoms with van der Waals surface area (Å²) in [4.78, 5) is 49.0. The third-order valence-corrected chi connectivity index (χ3v) is 10.5. The van der Waals surface area contributed by atoms with Crippen LogP contribution in [0.4, 0.5) is 11.6 Å². The van der Waals surface area contributed by atoms with Gasteiger partial charge in [-0.3, -0.25) is 14.4 Å². The number of nitrogens with two attached hydrogens (primary N) is 2. The van der Waals surface area contributed by atoms with Crippen LogP contribution in [-0.2, 0) is 22.4 Å². The quantitative estimate of drug-likeness (QED) is 0.0614. The predicted molar refractivity (Wildman–Crippen MR) is 218 cm³/mol. The predicted octanol–water partition coefficient (Wildman–Crippen LogP) is 0.653. The first-order valence-electron chi connectivity index (χ1n) is 19.7. The molecular formula is C40H58ClN8O9+. The topological polar surface area (TPSA) is 247 Å². The summed E-state index contributed by atoms with van der Waals surface area (Å²) in [7, 11) is 0. The second-order valence-corrected chi connectivity index (χ2v) is 14.7. The molecule has 318 valence electrons. The average Bonchev–Trinajstić information content (AvgIpc) is 3.21. The second-order valence-electron chi connectivity index (χ2n) is 14.4. The van der Waals surface area contributed by atoms with Crippen LogP contribution in [0.5, 0.6) is 11.5 Å². The number of aryl methyl sites for hydroxylation is 2. The number of halogens is 1. The van der Waals surface area contributed by atoms with E-state index in [2.05, 4.69) is 15.3 Å². The van der Waals surface area contributed by atoms with E-state index in [1.807, 2.05) is 48.5 Å². The van der Waals surface area contributed by atoms with Crippen molar-refractivity contribution in [1.29, 1.82) is 0 Å². The number of piperidine rings is 1. The van der Waals surface area contributed by atoms with Crippen molar-refractivity contribution in [1.82, 2.24) is 25.1 Å². The van der Waals surface area contributed by atoms with Crippen LogP contribution in [0.3, 0.4) is 0 Å². The number of hydrogen-bond acceptors (Lipinski definition) is 13. The molecule has 3 amide bonds. The summed E-state index contributed by atoms with van der Waals surface area (Å²) in [6.45, 7) is 2.75. The first-order valence-corrected chi connectivity index (χ1v) is 20.0. The average molecular weight is 830 g/mol. The molecule has 0 aliphatic carbocycles. The van der Waals surface area contributed by atoms with Gasteiger partial charge in [0.15, 0.2) is 35.7 Å². The highest BCUT2D eigenvalue weighted by molar-refractivity contribution is 6.31. The monoisotopic (exact) mass is 829 g/mol. The first-order chi connectivity index (χ1) is 28.0. The van der Waals surface area contributed by atoms with Gasteiger partial charge in [-0.25, -0.2) is 9.97 Å². The van der Waals surface area contributed by atoms with E-state index in [1.165, 1.54) is 9.80 Å². The Morgan fingerprint density at radius 1 is 0.741 bits per heavy atom. The Hall–Kier alpha value is -4.78. The Balaban J connectivity index is 1.37. The van der Waals surface area contributed by atoms with Crippen LogP contribution in [0, 0.1) is 0 Å². The minimum absolute atomic E-state index is 0.0433. The number of nitrogens with one attached hydrogen (secondary N) is 1. The van der Waals surface area contributed by atoms with Gasteiger partial charge in [-0.2, -0.15) is 0 Å². The van der Waals surface area contributed by atoms with E-state index in [9.17, 15) is 34.8 Å². The molecule has 17 nitrogen and oxygen atoms in total. The van der Waals surface area contributed by atoms with E-state index in [0.29, 0.717) is 11.5 Å². The number of quaternary nitrogens is 1. The number of benzene rings is 2.